The summed E-state index contributed by atoms with van der Waals surface area (Å²) in [5.74, 6) is -1.95. The number of ether oxygens (including phenoxy) is 2. The van der Waals surface area contributed by atoms with Crippen molar-refractivity contribution in [2.75, 3.05) is 5.88 Å². The second kappa shape index (κ2) is 4.88. The van der Waals surface area contributed by atoms with Crippen LogP contribution in [0.5, 0.6) is 0 Å². The maximum Gasteiger partial charge on any atom is 0.203 e. The topological polar surface area (TPSA) is 18.5 Å². The standard InChI is InChI=1S/C12H13ClF2O2/c1-8-16-12(17-8,5-2-6-13)10-4-3-9(14)7-11(10)15/h3-4,7-8H,2,5-6H2,1H3. The monoisotopic (exact) mass is 262 g/mol. The van der Waals surface area contributed by atoms with Crippen molar-refractivity contribution in [3.8, 4) is 0 Å². The summed E-state index contributed by atoms with van der Waals surface area (Å²) in [7, 11) is 0. The summed E-state index contributed by atoms with van der Waals surface area (Å²) < 4.78 is 37.5. The van der Waals surface area contributed by atoms with Crippen LogP contribution in [0.4, 0.5) is 8.78 Å². The van der Waals surface area contributed by atoms with Gasteiger partial charge in [0.1, 0.15) is 11.6 Å². The molecule has 1 aliphatic rings. The summed E-state index contributed by atoms with van der Waals surface area (Å²) in [6.45, 7) is 1.72. The zero-order valence-electron chi connectivity index (χ0n) is 9.38. The number of benzene rings is 1. The van der Waals surface area contributed by atoms with E-state index in [1.807, 2.05) is 0 Å². The Morgan fingerprint density at radius 2 is 2.06 bits per heavy atom. The van der Waals surface area contributed by atoms with Crippen molar-refractivity contribution in [1.82, 2.24) is 0 Å². The molecular weight excluding hydrogens is 250 g/mol. The molecule has 0 N–H and O–H groups in total. The molecule has 0 atom stereocenters. The predicted octanol–water partition coefficient (Wildman–Crippen LogP) is 3.53. The summed E-state index contributed by atoms with van der Waals surface area (Å²) in [5.41, 5.74) is 0.224. The molecule has 1 aromatic carbocycles. The lowest BCUT2D eigenvalue weighted by Crippen LogP contribution is -2.50. The van der Waals surface area contributed by atoms with E-state index in [2.05, 4.69) is 0 Å². The summed E-state index contributed by atoms with van der Waals surface area (Å²) in [4.78, 5) is 0. The first-order chi connectivity index (χ1) is 8.07. The van der Waals surface area contributed by atoms with Crippen LogP contribution in [-0.2, 0) is 15.3 Å². The van der Waals surface area contributed by atoms with Gasteiger partial charge in [-0.2, -0.15) is 0 Å². The molecule has 1 aromatic rings. The lowest BCUT2D eigenvalue weighted by molar-refractivity contribution is -0.459. The van der Waals surface area contributed by atoms with Crippen molar-refractivity contribution in [2.24, 2.45) is 0 Å². The van der Waals surface area contributed by atoms with Crippen LogP contribution in [0.2, 0.25) is 0 Å². The molecule has 1 saturated heterocycles. The van der Waals surface area contributed by atoms with Gasteiger partial charge in [-0.05, 0) is 25.5 Å². The number of halogens is 3. The van der Waals surface area contributed by atoms with Gasteiger partial charge >= 0.3 is 0 Å². The Bertz CT molecular complexity index is 405. The number of hydrogen-bond acceptors (Lipinski definition) is 2. The molecule has 0 bridgehead atoms. The van der Waals surface area contributed by atoms with Gasteiger partial charge in [0.2, 0.25) is 5.79 Å². The molecule has 0 aromatic heterocycles. The van der Waals surface area contributed by atoms with Crippen LogP contribution < -0.4 is 0 Å². The highest BCUT2D eigenvalue weighted by Crippen LogP contribution is 2.43. The maximum atomic E-state index is 13.7. The third-order valence-electron chi connectivity index (χ3n) is 2.69. The smallest absolute Gasteiger partial charge is 0.203 e. The normalized spacial score (nSPS) is 27.9. The van der Waals surface area contributed by atoms with E-state index in [1.54, 1.807) is 6.92 Å². The molecule has 0 radical (unpaired) electrons. The van der Waals surface area contributed by atoms with E-state index >= 15 is 0 Å². The van der Waals surface area contributed by atoms with Gasteiger partial charge in [-0.1, -0.05) is 0 Å². The highest BCUT2D eigenvalue weighted by molar-refractivity contribution is 6.17. The van der Waals surface area contributed by atoms with Gasteiger partial charge in [0, 0.05) is 23.9 Å². The van der Waals surface area contributed by atoms with Crippen LogP contribution in [0.3, 0.4) is 0 Å². The maximum absolute atomic E-state index is 13.7. The summed E-state index contributed by atoms with van der Waals surface area (Å²) in [6, 6.07) is 3.37. The number of hydrogen-bond donors (Lipinski definition) is 0. The average Bonchev–Trinajstić information content (AvgIpc) is 2.23. The molecule has 94 valence electrons. The van der Waals surface area contributed by atoms with Crippen LogP contribution in [0.25, 0.3) is 0 Å². The van der Waals surface area contributed by atoms with Gasteiger partial charge in [-0.3, -0.25) is 0 Å². The minimum Gasteiger partial charge on any atom is -0.317 e. The van der Waals surface area contributed by atoms with Crippen LogP contribution in [0.15, 0.2) is 18.2 Å². The molecule has 0 unspecified atom stereocenters. The largest absolute Gasteiger partial charge is 0.317 e. The van der Waals surface area contributed by atoms with E-state index in [0.29, 0.717) is 18.7 Å². The Morgan fingerprint density at radius 3 is 2.59 bits per heavy atom. The van der Waals surface area contributed by atoms with Crippen LogP contribution in [0, 0.1) is 11.6 Å². The van der Waals surface area contributed by atoms with E-state index in [1.165, 1.54) is 12.1 Å². The highest BCUT2D eigenvalue weighted by Gasteiger charge is 2.47. The molecule has 1 aliphatic heterocycles. The van der Waals surface area contributed by atoms with Gasteiger partial charge < -0.3 is 9.47 Å². The van der Waals surface area contributed by atoms with Crippen molar-refractivity contribution in [3.63, 3.8) is 0 Å². The fraction of sp³-hybridized carbons (Fsp3) is 0.500. The summed E-state index contributed by atoms with van der Waals surface area (Å²) >= 11 is 5.61. The average molecular weight is 263 g/mol. The van der Waals surface area contributed by atoms with E-state index in [-0.39, 0.29) is 11.9 Å². The molecular formula is C12H13ClF2O2. The van der Waals surface area contributed by atoms with Crippen LogP contribution in [-0.4, -0.2) is 12.2 Å². The van der Waals surface area contributed by atoms with Gasteiger partial charge in [-0.25, -0.2) is 8.78 Å². The summed E-state index contributed by atoms with van der Waals surface area (Å²) in [5, 5.41) is 0. The van der Waals surface area contributed by atoms with Crippen molar-refractivity contribution < 1.29 is 18.3 Å². The SMILES string of the molecule is CC1OC(CCCCl)(c2ccc(F)cc2F)O1. The minimum atomic E-state index is -1.11. The zero-order valence-corrected chi connectivity index (χ0v) is 10.1. The van der Waals surface area contributed by atoms with Crippen molar-refractivity contribution in [1.29, 1.82) is 0 Å². The molecule has 2 nitrogen and oxygen atoms in total. The third kappa shape index (κ3) is 2.44. The van der Waals surface area contributed by atoms with Crippen LogP contribution in [0.1, 0.15) is 25.3 Å². The summed E-state index contributed by atoms with van der Waals surface area (Å²) in [6.07, 6.45) is 0.698. The Balaban J connectivity index is 2.26. The first-order valence-corrected chi connectivity index (χ1v) is 5.98. The molecule has 0 aliphatic carbocycles. The second-order valence-electron chi connectivity index (χ2n) is 3.97. The minimum absolute atomic E-state index is 0.224. The van der Waals surface area contributed by atoms with Crippen molar-refractivity contribution in [2.45, 2.75) is 31.8 Å². The Kier molecular flexibility index (Phi) is 3.66. The first kappa shape index (κ1) is 12.7. The molecule has 0 spiro atoms. The number of rotatable bonds is 4. The molecule has 1 fully saturated rings. The quantitative estimate of drug-likeness (QED) is 0.773. The fourth-order valence-corrected chi connectivity index (χ4v) is 2.16. The number of alkyl halides is 1. The van der Waals surface area contributed by atoms with Crippen LogP contribution >= 0.6 is 11.6 Å². The fourth-order valence-electron chi connectivity index (χ4n) is 2.02. The van der Waals surface area contributed by atoms with E-state index in [0.717, 1.165) is 6.07 Å². The van der Waals surface area contributed by atoms with Crippen molar-refractivity contribution in [3.05, 3.63) is 35.4 Å². The highest BCUT2D eigenvalue weighted by atomic mass is 35.5. The first-order valence-electron chi connectivity index (χ1n) is 5.44. The Morgan fingerprint density at radius 1 is 1.35 bits per heavy atom. The lowest BCUT2D eigenvalue weighted by atomic mass is 9.98. The van der Waals surface area contributed by atoms with E-state index in [9.17, 15) is 8.78 Å². The zero-order chi connectivity index (χ0) is 12.5. The molecule has 0 saturated carbocycles. The van der Waals surface area contributed by atoms with E-state index in [4.69, 9.17) is 21.1 Å². The van der Waals surface area contributed by atoms with Gasteiger partial charge in [-0.15, -0.1) is 11.6 Å². The van der Waals surface area contributed by atoms with Gasteiger partial charge in [0.25, 0.3) is 0 Å². The third-order valence-corrected chi connectivity index (χ3v) is 2.96. The molecule has 0 amide bonds. The Hall–Kier alpha value is -0.710. The molecule has 2 rings (SSSR count). The Labute approximate surface area is 103 Å². The molecule has 5 heteroatoms. The van der Waals surface area contributed by atoms with Gasteiger partial charge in [0.05, 0.1) is 0 Å². The van der Waals surface area contributed by atoms with Crippen molar-refractivity contribution >= 4 is 11.6 Å². The lowest BCUT2D eigenvalue weighted by Gasteiger charge is -2.46. The van der Waals surface area contributed by atoms with Gasteiger partial charge in [0.15, 0.2) is 6.29 Å². The second-order valence-corrected chi connectivity index (χ2v) is 4.35. The molecule has 1 heterocycles. The molecule has 17 heavy (non-hydrogen) atoms. The predicted molar refractivity (Wildman–Crippen MR) is 59.6 cm³/mol. The van der Waals surface area contributed by atoms with E-state index < -0.39 is 17.4 Å².